The molecule has 5 aromatic rings. The van der Waals surface area contributed by atoms with Crippen LogP contribution in [0.4, 0.5) is 17.1 Å². The van der Waals surface area contributed by atoms with Gasteiger partial charge in [-0.15, -0.1) is 11.8 Å². The van der Waals surface area contributed by atoms with Gasteiger partial charge in [-0.25, -0.2) is 0 Å². The van der Waals surface area contributed by atoms with Crippen LogP contribution in [-0.4, -0.2) is 22.6 Å². The minimum absolute atomic E-state index is 0.0456. The highest BCUT2D eigenvalue weighted by Gasteiger charge is 2.24. The summed E-state index contributed by atoms with van der Waals surface area (Å²) in [6.45, 7) is 1.70. The molecular weight excluding hydrogens is 692 g/mol. The Morgan fingerprint density at radius 1 is 0.812 bits per heavy atom. The van der Waals surface area contributed by atoms with Crippen LogP contribution in [-0.2, 0) is 9.59 Å². The maximum Gasteiger partial charge on any atom is 0.272 e. The first-order valence-electron chi connectivity index (χ1n) is 14.7. The molecule has 1 atom stereocenters. The lowest BCUT2D eigenvalue weighted by atomic mass is 10.1. The molecule has 11 heteroatoms. The maximum atomic E-state index is 13.7. The lowest BCUT2D eigenvalue weighted by molar-refractivity contribution is -0.384. The minimum atomic E-state index is -0.690. The summed E-state index contributed by atoms with van der Waals surface area (Å²) in [5.41, 5.74) is 3.33. The Hall–Kier alpha value is -5.52. The van der Waals surface area contributed by atoms with Gasteiger partial charge in [0.1, 0.15) is 10.9 Å². The number of nitrogens with zero attached hydrogens (tertiary/aromatic N) is 1. The number of hydrogen-bond donors (Lipinski definition) is 3. The second kappa shape index (κ2) is 15.9. The van der Waals surface area contributed by atoms with Gasteiger partial charge in [0.15, 0.2) is 0 Å². The van der Waals surface area contributed by atoms with Crippen molar-refractivity contribution in [1.82, 2.24) is 5.32 Å². The smallest absolute Gasteiger partial charge is 0.272 e. The molecule has 0 saturated carbocycles. The molecule has 0 aliphatic carbocycles. The summed E-state index contributed by atoms with van der Waals surface area (Å²) in [7, 11) is 0. The predicted octanol–water partition coefficient (Wildman–Crippen LogP) is 8.55. The van der Waals surface area contributed by atoms with Crippen molar-refractivity contribution in [2.45, 2.75) is 17.1 Å². The molecule has 0 radical (unpaired) electrons. The Labute approximate surface area is 289 Å². The van der Waals surface area contributed by atoms with Gasteiger partial charge in [-0.2, -0.15) is 0 Å². The third-order valence-corrected chi connectivity index (χ3v) is 8.85. The molecule has 0 aromatic heterocycles. The maximum absolute atomic E-state index is 13.7. The van der Waals surface area contributed by atoms with Crippen molar-refractivity contribution < 1.29 is 19.3 Å². The molecule has 1 unspecified atom stereocenters. The number of rotatable bonds is 11. The number of carbonyl (C=O) groups is 3. The molecular formula is C37H29BrN4O5S. The van der Waals surface area contributed by atoms with Gasteiger partial charge in [-0.05, 0) is 78.2 Å². The van der Waals surface area contributed by atoms with Gasteiger partial charge in [0.05, 0.1) is 4.92 Å². The number of halogens is 1. The van der Waals surface area contributed by atoms with Crippen molar-refractivity contribution in [3.8, 4) is 0 Å². The highest BCUT2D eigenvalue weighted by atomic mass is 79.9. The molecule has 240 valence electrons. The predicted molar refractivity (Wildman–Crippen MR) is 193 cm³/mol. The molecule has 3 N–H and O–H groups in total. The summed E-state index contributed by atoms with van der Waals surface area (Å²) >= 11 is 4.70. The number of aryl methyl sites for hydroxylation is 1. The number of benzene rings is 5. The Kier molecular flexibility index (Phi) is 11.2. The number of nitrogens with one attached hydrogen (secondary N) is 3. The van der Waals surface area contributed by atoms with E-state index >= 15 is 0 Å². The average molecular weight is 722 g/mol. The molecule has 9 nitrogen and oxygen atoms in total. The van der Waals surface area contributed by atoms with Gasteiger partial charge in [0.25, 0.3) is 17.5 Å². The molecule has 48 heavy (non-hydrogen) atoms. The van der Waals surface area contributed by atoms with Crippen molar-refractivity contribution in [3.63, 3.8) is 0 Å². The zero-order chi connectivity index (χ0) is 34.0. The fourth-order valence-electron chi connectivity index (χ4n) is 4.65. The Morgan fingerprint density at radius 3 is 2.17 bits per heavy atom. The van der Waals surface area contributed by atoms with Crippen LogP contribution >= 0.6 is 27.7 Å². The van der Waals surface area contributed by atoms with E-state index in [1.165, 1.54) is 30.0 Å². The van der Waals surface area contributed by atoms with E-state index in [2.05, 4.69) is 31.9 Å². The molecule has 0 heterocycles. The average Bonchev–Trinajstić information content (AvgIpc) is 3.09. The zero-order valence-electron chi connectivity index (χ0n) is 25.6. The molecule has 0 saturated heterocycles. The zero-order valence-corrected chi connectivity index (χ0v) is 28.0. The molecule has 5 aromatic carbocycles. The van der Waals surface area contributed by atoms with Gasteiger partial charge in [0, 0.05) is 38.4 Å². The van der Waals surface area contributed by atoms with Gasteiger partial charge in [-0.3, -0.25) is 24.5 Å². The number of amides is 3. The van der Waals surface area contributed by atoms with E-state index in [-0.39, 0.29) is 17.3 Å². The molecule has 0 aliphatic heterocycles. The van der Waals surface area contributed by atoms with E-state index in [1.807, 2.05) is 60.7 Å². The fraction of sp³-hybridized carbons (Fsp3) is 0.0541. The number of nitro benzene ring substituents is 1. The van der Waals surface area contributed by atoms with Crippen molar-refractivity contribution in [2.24, 2.45) is 0 Å². The molecule has 0 spiro atoms. The number of nitro groups is 1. The second-order valence-corrected chi connectivity index (χ2v) is 12.7. The summed E-state index contributed by atoms with van der Waals surface area (Å²) < 4.78 is 0.874. The minimum Gasteiger partial charge on any atom is -0.325 e. The first-order valence-corrected chi connectivity index (χ1v) is 16.4. The molecule has 0 aliphatic rings. The van der Waals surface area contributed by atoms with Crippen molar-refractivity contribution in [1.29, 1.82) is 0 Å². The highest BCUT2D eigenvalue weighted by molar-refractivity contribution is 9.10. The fourth-order valence-corrected chi connectivity index (χ4v) is 6.00. The standard InChI is InChI=1S/C37H29BrN4O5S/c1-24-21-30(42(46)47)19-20-32(24)40-37(45)34(26-9-4-2-5-10-26)48-31-14-8-13-29(23-31)39-36(44)33(22-25-15-17-28(38)18-16-25)41-35(43)27-11-6-3-7-12-27/h2-23,34H,1H3,(H,39,44)(H,40,45)(H,41,43)/b33-22-. The lowest BCUT2D eigenvalue weighted by Crippen LogP contribution is -2.30. The van der Waals surface area contributed by atoms with Crippen LogP contribution in [0, 0.1) is 17.0 Å². The van der Waals surface area contributed by atoms with Gasteiger partial charge >= 0.3 is 0 Å². The van der Waals surface area contributed by atoms with Gasteiger partial charge in [0.2, 0.25) is 5.91 Å². The summed E-state index contributed by atoms with van der Waals surface area (Å²) in [5.74, 6) is -1.28. The van der Waals surface area contributed by atoms with Crippen LogP contribution in [0.15, 0.2) is 142 Å². The summed E-state index contributed by atoms with van der Waals surface area (Å²) in [4.78, 5) is 51.7. The normalized spacial score (nSPS) is 11.7. The number of hydrogen-bond acceptors (Lipinski definition) is 6. The van der Waals surface area contributed by atoms with Crippen LogP contribution in [0.1, 0.15) is 32.3 Å². The molecule has 3 amide bonds. The van der Waals surface area contributed by atoms with Gasteiger partial charge in [-0.1, -0.05) is 82.7 Å². The SMILES string of the molecule is Cc1cc([N+](=O)[O-])ccc1NC(=O)C(Sc1cccc(NC(=O)/C(=C/c2ccc(Br)cc2)NC(=O)c2ccccc2)c1)c1ccccc1. The third-order valence-electron chi connectivity index (χ3n) is 7.07. The Balaban J connectivity index is 1.37. The van der Waals surface area contributed by atoms with Crippen LogP contribution in [0.5, 0.6) is 0 Å². The lowest BCUT2D eigenvalue weighted by Gasteiger charge is -2.18. The molecule has 0 bridgehead atoms. The first-order chi connectivity index (χ1) is 23.2. The topological polar surface area (TPSA) is 130 Å². The molecule has 5 rings (SSSR count). The summed E-state index contributed by atoms with van der Waals surface area (Å²) in [5, 5.41) is 19.0. The van der Waals surface area contributed by atoms with Crippen LogP contribution in [0.25, 0.3) is 6.08 Å². The van der Waals surface area contributed by atoms with E-state index in [1.54, 1.807) is 61.5 Å². The van der Waals surface area contributed by atoms with Crippen LogP contribution in [0.2, 0.25) is 0 Å². The summed E-state index contributed by atoms with van der Waals surface area (Å²) in [6.07, 6.45) is 1.59. The molecule has 0 fully saturated rings. The number of carbonyl (C=O) groups excluding carboxylic acids is 3. The van der Waals surface area contributed by atoms with E-state index in [0.717, 1.165) is 10.0 Å². The number of anilines is 2. The third kappa shape index (κ3) is 9.05. The number of non-ortho nitro benzene ring substituents is 1. The monoisotopic (exact) mass is 720 g/mol. The van der Waals surface area contributed by atoms with E-state index < -0.39 is 22.0 Å². The van der Waals surface area contributed by atoms with Crippen molar-refractivity contribution in [2.75, 3.05) is 10.6 Å². The first kappa shape index (κ1) is 33.8. The van der Waals surface area contributed by atoms with E-state index in [9.17, 15) is 24.5 Å². The number of thioether (sulfide) groups is 1. The van der Waals surface area contributed by atoms with Crippen LogP contribution in [0.3, 0.4) is 0 Å². The highest BCUT2D eigenvalue weighted by Crippen LogP contribution is 2.37. The Morgan fingerprint density at radius 2 is 1.50 bits per heavy atom. The largest absolute Gasteiger partial charge is 0.325 e. The van der Waals surface area contributed by atoms with Crippen molar-refractivity contribution in [3.05, 3.63) is 170 Å². The van der Waals surface area contributed by atoms with Gasteiger partial charge < -0.3 is 16.0 Å². The quantitative estimate of drug-likeness (QED) is 0.0543. The summed E-state index contributed by atoms with van der Waals surface area (Å²) in [6, 6.07) is 36.5. The van der Waals surface area contributed by atoms with E-state index in [0.29, 0.717) is 33.0 Å². The Bertz CT molecular complexity index is 1990. The second-order valence-electron chi connectivity index (χ2n) is 10.6. The van der Waals surface area contributed by atoms with Crippen molar-refractivity contribution >= 4 is 68.6 Å². The van der Waals surface area contributed by atoms with E-state index in [4.69, 9.17) is 0 Å². The van der Waals surface area contributed by atoms with Crippen LogP contribution < -0.4 is 16.0 Å².